The Morgan fingerprint density at radius 2 is 2.10 bits per heavy atom. The van der Waals surface area contributed by atoms with Gasteiger partial charge in [0.15, 0.2) is 5.96 Å². The van der Waals surface area contributed by atoms with E-state index in [1.807, 2.05) is 40.2 Å². The highest BCUT2D eigenvalue weighted by atomic mass is 32.1. The van der Waals surface area contributed by atoms with Gasteiger partial charge < -0.3 is 24.6 Å². The second kappa shape index (κ2) is 11.7. The Labute approximate surface area is 178 Å². The van der Waals surface area contributed by atoms with E-state index in [0.29, 0.717) is 19.7 Å². The highest BCUT2D eigenvalue weighted by Gasteiger charge is 2.12. The first-order valence-corrected chi connectivity index (χ1v) is 10.6. The van der Waals surface area contributed by atoms with Gasteiger partial charge >= 0.3 is 0 Å². The molecule has 0 saturated heterocycles. The van der Waals surface area contributed by atoms with Gasteiger partial charge in [-0.05, 0) is 38.7 Å². The molecule has 0 amide bonds. The van der Waals surface area contributed by atoms with E-state index in [1.165, 1.54) is 0 Å². The molecule has 0 aliphatic carbocycles. The van der Waals surface area contributed by atoms with Crippen LogP contribution in [0, 0.1) is 0 Å². The van der Waals surface area contributed by atoms with Crippen LogP contribution in [-0.4, -0.2) is 69.2 Å². The molecule has 0 aliphatic rings. The number of thiazole rings is 1. The number of ether oxygens (including phenoxy) is 2. The molecule has 2 aromatic rings. The van der Waals surface area contributed by atoms with Crippen molar-refractivity contribution < 1.29 is 9.47 Å². The van der Waals surface area contributed by atoms with Crippen molar-refractivity contribution >= 4 is 17.3 Å². The number of nitrogens with zero attached hydrogens (tertiary/aromatic N) is 4. The third-order valence-electron chi connectivity index (χ3n) is 4.40. The number of guanidine groups is 1. The van der Waals surface area contributed by atoms with E-state index in [0.717, 1.165) is 34.5 Å². The van der Waals surface area contributed by atoms with Crippen LogP contribution in [0.1, 0.15) is 29.3 Å². The molecule has 0 bridgehead atoms. The number of nitrogens with one attached hydrogen (secondary N) is 1. The summed E-state index contributed by atoms with van der Waals surface area (Å²) in [6.07, 6.45) is 0.0173. The second-order valence-electron chi connectivity index (χ2n) is 7.11. The smallest absolute Gasteiger partial charge is 0.194 e. The number of aromatic nitrogens is 1. The minimum absolute atomic E-state index is 0.0173. The van der Waals surface area contributed by atoms with Crippen LogP contribution in [-0.2, 0) is 17.8 Å². The topological polar surface area (TPSA) is 62.2 Å². The Morgan fingerprint density at radius 1 is 1.31 bits per heavy atom. The molecule has 1 heterocycles. The number of benzene rings is 1. The molecule has 0 aliphatic heterocycles. The number of hydrogen-bond donors (Lipinski definition) is 1. The van der Waals surface area contributed by atoms with E-state index in [2.05, 4.69) is 42.6 Å². The first-order chi connectivity index (χ1) is 13.9. The minimum Gasteiger partial charge on any atom is -0.492 e. The number of likely N-dealkylation sites (N-methyl/N-ethyl adjacent to an activating group) is 1. The largest absolute Gasteiger partial charge is 0.492 e. The first kappa shape index (κ1) is 23.1. The van der Waals surface area contributed by atoms with Gasteiger partial charge in [-0.15, -0.1) is 11.3 Å². The maximum absolute atomic E-state index is 5.82. The van der Waals surface area contributed by atoms with Gasteiger partial charge in [-0.3, -0.25) is 4.99 Å². The molecule has 0 fully saturated rings. The molecule has 0 radical (unpaired) electrons. The minimum atomic E-state index is 0.0173. The standard InChI is InChI=1S/C21H33N5O2S/c1-16(27-6)20-24-18(15-29-20)14-26(5)21(22-2)23-13-17-8-7-9-19(12-17)28-11-10-25(3)4/h7-9,12,15-16H,10-11,13-14H2,1-6H3,(H,22,23). The molecular formula is C21H33N5O2S. The summed E-state index contributed by atoms with van der Waals surface area (Å²) in [6, 6.07) is 8.15. The summed E-state index contributed by atoms with van der Waals surface area (Å²) in [7, 11) is 9.58. The van der Waals surface area contributed by atoms with E-state index in [4.69, 9.17) is 9.47 Å². The summed E-state index contributed by atoms with van der Waals surface area (Å²) in [5.74, 6) is 1.70. The van der Waals surface area contributed by atoms with Crippen LogP contribution >= 0.6 is 11.3 Å². The number of aliphatic imine (C=N–C) groups is 1. The fourth-order valence-corrected chi connectivity index (χ4v) is 3.50. The Bertz CT molecular complexity index is 778. The van der Waals surface area contributed by atoms with E-state index < -0.39 is 0 Å². The Kier molecular flexibility index (Phi) is 9.37. The molecule has 1 atom stereocenters. The summed E-state index contributed by atoms with van der Waals surface area (Å²) in [4.78, 5) is 13.2. The molecule has 29 heavy (non-hydrogen) atoms. The fourth-order valence-electron chi connectivity index (χ4n) is 2.66. The third kappa shape index (κ3) is 7.64. The predicted molar refractivity (Wildman–Crippen MR) is 120 cm³/mol. The molecule has 0 spiro atoms. The Hall–Kier alpha value is -2.16. The van der Waals surface area contributed by atoms with Gasteiger partial charge in [0.2, 0.25) is 0 Å². The zero-order valence-corrected chi connectivity index (χ0v) is 19.1. The molecule has 0 saturated carbocycles. The molecular weight excluding hydrogens is 386 g/mol. The fraction of sp³-hybridized carbons (Fsp3) is 0.524. The van der Waals surface area contributed by atoms with Crippen molar-refractivity contribution in [2.24, 2.45) is 4.99 Å². The lowest BCUT2D eigenvalue weighted by atomic mass is 10.2. The summed E-state index contributed by atoms with van der Waals surface area (Å²) >= 11 is 1.62. The van der Waals surface area contributed by atoms with E-state index in [-0.39, 0.29) is 6.10 Å². The molecule has 2 rings (SSSR count). The van der Waals surface area contributed by atoms with Crippen molar-refractivity contribution in [2.45, 2.75) is 26.1 Å². The lowest BCUT2D eigenvalue weighted by Gasteiger charge is -2.21. The van der Waals surface area contributed by atoms with Gasteiger partial charge in [0.1, 0.15) is 23.5 Å². The second-order valence-corrected chi connectivity index (χ2v) is 8.00. The summed E-state index contributed by atoms with van der Waals surface area (Å²) in [6.45, 7) is 4.92. The third-order valence-corrected chi connectivity index (χ3v) is 5.45. The van der Waals surface area contributed by atoms with Gasteiger partial charge in [-0.2, -0.15) is 0 Å². The highest BCUT2D eigenvalue weighted by Crippen LogP contribution is 2.21. The van der Waals surface area contributed by atoms with Crippen LogP contribution in [0.15, 0.2) is 34.6 Å². The van der Waals surface area contributed by atoms with Crippen molar-refractivity contribution in [1.29, 1.82) is 0 Å². The van der Waals surface area contributed by atoms with Gasteiger partial charge in [0.05, 0.1) is 12.2 Å². The lowest BCUT2D eigenvalue weighted by molar-refractivity contribution is 0.119. The van der Waals surface area contributed by atoms with Crippen LogP contribution < -0.4 is 10.1 Å². The van der Waals surface area contributed by atoms with Gasteiger partial charge in [-0.1, -0.05) is 12.1 Å². The van der Waals surface area contributed by atoms with Crippen LogP contribution in [0.4, 0.5) is 0 Å². The summed E-state index contributed by atoms with van der Waals surface area (Å²) in [5.41, 5.74) is 2.16. The van der Waals surface area contributed by atoms with Crippen molar-refractivity contribution in [3.8, 4) is 5.75 Å². The molecule has 1 aromatic heterocycles. The molecule has 1 N–H and O–H groups in total. The normalized spacial score (nSPS) is 12.9. The van der Waals surface area contributed by atoms with Gasteiger partial charge in [-0.25, -0.2) is 4.98 Å². The maximum Gasteiger partial charge on any atom is 0.194 e. The maximum atomic E-state index is 5.82. The molecule has 1 aromatic carbocycles. The predicted octanol–water partition coefficient (Wildman–Crippen LogP) is 3.00. The van der Waals surface area contributed by atoms with Crippen LogP contribution in [0.3, 0.4) is 0 Å². The van der Waals surface area contributed by atoms with Crippen LogP contribution in [0.2, 0.25) is 0 Å². The van der Waals surface area contributed by atoms with Crippen LogP contribution in [0.25, 0.3) is 0 Å². The Morgan fingerprint density at radius 3 is 2.79 bits per heavy atom. The zero-order valence-electron chi connectivity index (χ0n) is 18.3. The van der Waals surface area contributed by atoms with Crippen molar-refractivity contribution in [3.05, 3.63) is 45.9 Å². The van der Waals surface area contributed by atoms with E-state index in [9.17, 15) is 0 Å². The van der Waals surface area contributed by atoms with E-state index >= 15 is 0 Å². The number of rotatable bonds is 10. The first-order valence-electron chi connectivity index (χ1n) is 9.68. The molecule has 7 nitrogen and oxygen atoms in total. The van der Waals surface area contributed by atoms with Crippen LogP contribution in [0.5, 0.6) is 5.75 Å². The molecule has 160 valence electrons. The molecule has 8 heteroatoms. The number of methoxy groups -OCH3 is 1. The monoisotopic (exact) mass is 419 g/mol. The quantitative estimate of drug-likeness (QED) is 0.472. The van der Waals surface area contributed by atoms with Gasteiger partial charge in [0.25, 0.3) is 0 Å². The lowest BCUT2D eigenvalue weighted by Crippen LogP contribution is -2.38. The van der Waals surface area contributed by atoms with Gasteiger partial charge in [0, 0.05) is 39.7 Å². The number of hydrogen-bond acceptors (Lipinski definition) is 6. The Balaban J connectivity index is 1.88. The van der Waals surface area contributed by atoms with Crippen molar-refractivity contribution in [3.63, 3.8) is 0 Å². The average Bonchev–Trinajstić information content (AvgIpc) is 3.16. The zero-order chi connectivity index (χ0) is 21.2. The van der Waals surface area contributed by atoms with E-state index in [1.54, 1.807) is 25.5 Å². The van der Waals surface area contributed by atoms with Crippen molar-refractivity contribution in [1.82, 2.24) is 20.1 Å². The molecule has 1 unspecified atom stereocenters. The summed E-state index contributed by atoms with van der Waals surface area (Å²) in [5, 5.41) is 6.47. The van der Waals surface area contributed by atoms with Crippen molar-refractivity contribution in [2.75, 3.05) is 48.5 Å². The average molecular weight is 420 g/mol. The highest BCUT2D eigenvalue weighted by molar-refractivity contribution is 7.09. The SMILES string of the molecule is CN=C(NCc1cccc(OCCN(C)C)c1)N(C)Cc1csc(C(C)OC)n1. The summed E-state index contributed by atoms with van der Waals surface area (Å²) < 4.78 is 11.2.